The lowest BCUT2D eigenvalue weighted by atomic mass is 9.96. The molecule has 0 atom stereocenters. The fraction of sp³-hybridized carbons (Fsp3) is 0. The van der Waals surface area contributed by atoms with Crippen LogP contribution in [0.15, 0.2) is 212 Å². The molecular formula is C54H35N3. The van der Waals surface area contributed by atoms with Crippen molar-refractivity contribution in [2.75, 3.05) is 0 Å². The molecule has 0 saturated heterocycles. The van der Waals surface area contributed by atoms with Crippen LogP contribution in [0, 0.1) is 0 Å². The van der Waals surface area contributed by atoms with Gasteiger partial charge in [0, 0.05) is 54.9 Å². The average molecular weight is 726 g/mol. The van der Waals surface area contributed by atoms with Crippen LogP contribution in [0.25, 0.3) is 105 Å². The van der Waals surface area contributed by atoms with Gasteiger partial charge in [-0.3, -0.25) is 0 Å². The lowest BCUT2D eigenvalue weighted by molar-refractivity contribution is 1.18. The first-order chi connectivity index (χ1) is 28.3. The normalized spacial score (nSPS) is 11.9. The van der Waals surface area contributed by atoms with Gasteiger partial charge in [-0.05, 0) is 89.5 Å². The van der Waals surface area contributed by atoms with Gasteiger partial charge < -0.3 is 13.7 Å². The molecule has 0 aliphatic rings. The van der Waals surface area contributed by atoms with Gasteiger partial charge in [-0.15, -0.1) is 0 Å². The largest absolute Gasteiger partial charge is 0.309 e. The minimum absolute atomic E-state index is 1.14. The maximum absolute atomic E-state index is 2.47. The predicted molar refractivity (Wildman–Crippen MR) is 240 cm³/mol. The van der Waals surface area contributed by atoms with Gasteiger partial charge in [0.2, 0.25) is 0 Å². The molecule has 0 amide bonds. The summed E-state index contributed by atoms with van der Waals surface area (Å²) >= 11 is 0. The molecule has 3 heterocycles. The van der Waals surface area contributed by atoms with Gasteiger partial charge in [-0.2, -0.15) is 0 Å². The van der Waals surface area contributed by atoms with Crippen molar-refractivity contribution >= 4 is 65.4 Å². The van der Waals surface area contributed by atoms with E-state index in [0.29, 0.717) is 0 Å². The Labute approximate surface area is 329 Å². The van der Waals surface area contributed by atoms with E-state index in [1.54, 1.807) is 0 Å². The first-order valence-electron chi connectivity index (χ1n) is 19.6. The molecule has 0 aliphatic carbocycles. The molecule has 0 radical (unpaired) electrons. The van der Waals surface area contributed by atoms with Crippen LogP contribution in [-0.4, -0.2) is 13.7 Å². The summed E-state index contributed by atoms with van der Waals surface area (Å²) in [5.41, 5.74) is 15.5. The SMILES string of the molecule is c1ccc(-n2c3ccccc3c3cc(-c4cccc5c4c4cccc(-c6ccc7c8ccccc8n(-c8ccccc8)c7c6)c4n5-c4ccccc4)ccc32)cc1. The number of rotatable bonds is 5. The zero-order chi connectivity index (χ0) is 37.5. The first kappa shape index (κ1) is 31.7. The van der Waals surface area contributed by atoms with Gasteiger partial charge >= 0.3 is 0 Å². The Balaban J connectivity index is 1.14. The summed E-state index contributed by atoms with van der Waals surface area (Å²) in [6.07, 6.45) is 0. The Kier molecular flexibility index (Phi) is 6.93. The number of benzene rings is 9. The predicted octanol–water partition coefficient (Wildman–Crippen LogP) is 14.3. The molecule has 12 rings (SSSR count). The third-order valence-corrected chi connectivity index (χ3v) is 11.8. The molecule has 3 nitrogen and oxygen atoms in total. The molecule has 0 saturated carbocycles. The van der Waals surface area contributed by atoms with Crippen LogP contribution >= 0.6 is 0 Å². The minimum atomic E-state index is 1.14. The Morgan fingerprint density at radius 2 is 0.702 bits per heavy atom. The van der Waals surface area contributed by atoms with Crippen molar-refractivity contribution in [3.05, 3.63) is 212 Å². The van der Waals surface area contributed by atoms with Gasteiger partial charge in [0.05, 0.1) is 33.1 Å². The van der Waals surface area contributed by atoms with E-state index >= 15 is 0 Å². The number of hydrogen-bond donors (Lipinski definition) is 0. The molecule has 57 heavy (non-hydrogen) atoms. The van der Waals surface area contributed by atoms with Crippen LogP contribution < -0.4 is 0 Å². The standard InChI is InChI=1S/C54H35N3/c1-4-16-38(17-5-1)55-49-28-13-11-23-44(49)47-34-36(31-33-50(47)55)41-24-15-29-51-53(41)46-26-14-25-42(54(46)57(51)40-20-8-3-9-21-40)37-30-32-45-43-22-10-12-27-48(43)56(52(45)35-37)39-18-6-2-7-19-39/h1-35H. The number of hydrogen-bond acceptors (Lipinski definition) is 0. The highest BCUT2D eigenvalue weighted by atomic mass is 15.0. The zero-order valence-corrected chi connectivity index (χ0v) is 31.0. The summed E-state index contributed by atoms with van der Waals surface area (Å²) in [5.74, 6) is 0. The van der Waals surface area contributed by atoms with Crippen molar-refractivity contribution in [3.63, 3.8) is 0 Å². The summed E-state index contributed by atoms with van der Waals surface area (Å²) < 4.78 is 7.26. The number of aromatic nitrogens is 3. The Bertz CT molecular complexity index is 3500. The molecule has 3 aromatic heterocycles. The monoisotopic (exact) mass is 725 g/mol. The molecule has 0 aliphatic heterocycles. The van der Waals surface area contributed by atoms with E-state index < -0.39 is 0 Å². The van der Waals surface area contributed by atoms with Gasteiger partial charge in [-0.25, -0.2) is 0 Å². The lowest BCUT2D eigenvalue weighted by Crippen LogP contribution is -1.96. The molecule has 9 aromatic carbocycles. The second kappa shape index (κ2) is 12.5. The second-order valence-corrected chi connectivity index (χ2v) is 14.9. The molecule has 0 N–H and O–H groups in total. The fourth-order valence-electron chi connectivity index (χ4n) is 9.42. The Morgan fingerprint density at radius 1 is 0.246 bits per heavy atom. The molecule has 3 heteroatoms. The van der Waals surface area contributed by atoms with Crippen LogP contribution in [-0.2, 0) is 0 Å². The van der Waals surface area contributed by atoms with Crippen LogP contribution in [0.3, 0.4) is 0 Å². The molecule has 0 unspecified atom stereocenters. The van der Waals surface area contributed by atoms with Crippen molar-refractivity contribution < 1.29 is 0 Å². The molecule has 0 bridgehead atoms. The van der Waals surface area contributed by atoms with Gasteiger partial charge in [0.1, 0.15) is 0 Å². The van der Waals surface area contributed by atoms with E-state index in [9.17, 15) is 0 Å². The third kappa shape index (κ3) is 4.73. The topological polar surface area (TPSA) is 14.8 Å². The summed E-state index contributed by atoms with van der Waals surface area (Å²) in [4.78, 5) is 0. The highest BCUT2D eigenvalue weighted by molar-refractivity contribution is 6.20. The number of nitrogens with zero attached hydrogens (tertiary/aromatic N) is 3. The number of para-hydroxylation sites is 6. The second-order valence-electron chi connectivity index (χ2n) is 14.9. The molecule has 12 aromatic rings. The third-order valence-electron chi connectivity index (χ3n) is 11.8. The Hall–Kier alpha value is -7.62. The summed E-state index contributed by atoms with van der Waals surface area (Å²) in [5, 5.41) is 7.50. The van der Waals surface area contributed by atoms with E-state index in [2.05, 4.69) is 226 Å². The maximum atomic E-state index is 2.47. The molecule has 266 valence electrons. The molecule has 0 fully saturated rings. The fourth-order valence-corrected chi connectivity index (χ4v) is 9.42. The number of fused-ring (bicyclic) bond motifs is 9. The van der Waals surface area contributed by atoms with Crippen molar-refractivity contribution in [1.29, 1.82) is 0 Å². The highest BCUT2D eigenvalue weighted by Crippen LogP contribution is 2.44. The maximum Gasteiger partial charge on any atom is 0.0619 e. The van der Waals surface area contributed by atoms with E-state index in [1.165, 1.54) is 93.4 Å². The van der Waals surface area contributed by atoms with Crippen molar-refractivity contribution in [2.45, 2.75) is 0 Å². The van der Waals surface area contributed by atoms with Gasteiger partial charge in [0.25, 0.3) is 0 Å². The molecule has 0 spiro atoms. The van der Waals surface area contributed by atoms with Crippen LogP contribution in [0.1, 0.15) is 0 Å². The smallest absolute Gasteiger partial charge is 0.0619 e. The molecular weight excluding hydrogens is 691 g/mol. The summed E-state index contributed by atoms with van der Waals surface area (Å²) in [6.45, 7) is 0. The van der Waals surface area contributed by atoms with Crippen LogP contribution in [0.4, 0.5) is 0 Å². The van der Waals surface area contributed by atoms with E-state index in [4.69, 9.17) is 0 Å². The van der Waals surface area contributed by atoms with E-state index in [0.717, 1.165) is 11.4 Å². The van der Waals surface area contributed by atoms with Crippen LogP contribution in [0.2, 0.25) is 0 Å². The highest BCUT2D eigenvalue weighted by Gasteiger charge is 2.21. The minimum Gasteiger partial charge on any atom is -0.309 e. The van der Waals surface area contributed by atoms with E-state index in [-0.39, 0.29) is 0 Å². The summed E-state index contributed by atoms with van der Waals surface area (Å²) in [7, 11) is 0. The van der Waals surface area contributed by atoms with Crippen molar-refractivity contribution in [2.24, 2.45) is 0 Å². The van der Waals surface area contributed by atoms with E-state index in [1.807, 2.05) is 0 Å². The quantitative estimate of drug-likeness (QED) is 0.168. The average Bonchev–Trinajstić information content (AvgIpc) is 3.92. The van der Waals surface area contributed by atoms with Crippen molar-refractivity contribution in [1.82, 2.24) is 13.7 Å². The summed E-state index contributed by atoms with van der Waals surface area (Å²) in [6, 6.07) is 77.4. The van der Waals surface area contributed by atoms with Crippen molar-refractivity contribution in [3.8, 4) is 39.3 Å². The van der Waals surface area contributed by atoms with Crippen LogP contribution in [0.5, 0.6) is 0 Å². The first-order valence-corrected chi connectivity index (χ1v) is 19.6. The van der Waals surface area contributed by atoms with Gasteiger partial charge in [0.15, 0.2) is 0 Å². The lowest BCUT2D eigenvalue weighted by Gasteiger charge is -2.13. The zero-order valence-electron chi connectivity index (χ0n) is 31.0. The van der Waals surface area contributed by atoms with Gasteiger partial charge in [-0.1, -0.05) is 140 Å². The Morgan fingerprint density at radius 3 is 1.39 bits per heavy atom.